The third-order valence-corrected chi connectivity index (χ3v) is 3.98. The number of nitrogens with one attached hydrogen (secondary N) is 2. The second-order valence-electron chi connectivity index (χ2n) is 4.79. The lowest BCUT2D eigenvalue weighted by Crippen LogP contribution is -2.36. The summed E-state index contributed by atoms with van der Waals surface area (Å²) in [4.78, 5) is 8.42. The van der Waals surface area contributed by atoms with Gasteiger partial charge in [-0.25, -0.2) is 13.6 Å². The van der Waals surface area contributed by atoms with Gasteiger partial charge < -0.3 is 10.6 Å². The van der Waals surface area contributed by atoms with Gasteiger partial charge in [-0.15, -0.1) is 24.0 Å². The van der Waals surface area contributed by atoms with Gasteiger partial charge in [-0.2, -0.15) is 0 Å². The first-order valence-electron chi connectivity index (χ1n) is 6.95. The van der Waals surface area contributed by atoms with Crippen molar-refractivity contribution >= 4 is 40.0 Å². The zero-order chi connectivity index (χ0) is 16.7. The highest BCUT2D eigenvalue weighted by molar-refractivity contribution is 14.0. The number of primary sulfonamides is 1. The zero-order valence-corrected chi connectivity index (χ0v) is 16.3. The molecule has 0 aliphatic heterocycles. The number of aliphatic imine (C=N–C) groups is 1. The first-order chi connectivity index (χ1) is 11.0. The van der Waals surface area contributed by atoms with Gasteiger partial charge in [-0.05, 0) is 29.8 Å². The van der Waals surface area contributed by atoms with Crippen LogP contribution in [0.5, 0.6) is 0 Å². The van der Waals surface area contributed by atoms with Crippen molar-refractivity contribution < 1.29 is 8.42 Å². The predicted molar refractivity (Wildman–Crippen MR) is 105 cm³/mol. The molecule has 1 aromatic heterocycles. The molecule has 7 nitrogen and oxygen atoms in total. The van der Waals surface area contributed by atoms with Crippen molar-refractivity contribution in [1.29, 1.82) is 0 Å². The molecule has 0 unspecified atom stereocenters. The van der Waals surface area contributed by atoms with Crippen LogP contribution in [0.25, 0.3) is 0 Å². The third kappa shape index (κ3) is 6.42. The Morgan fingerprint density at radius 3 is 2.54 bits per heavy atom. The number of hydrogen-bond donors (Lipinski definition) is 3. The standard InChI is InChI=1S/C15H19N5O2S.HI/c1-17-15(20-11-13-6-2-3-8-18-13)19-10-12-5-4-7-14(9-12)23(16,21)22;/h2-9H,10-11H2,1H3,(H2,16,21,22)(H2,17,19,20);1H. The van der Waals surface area contributed by atoms with E-state index in [1.54, 1.807) is 19.3 Å². The number of rotatable bonds is 5. The minimum atomic E-state index is -3.70. The SMILES string of the molecule is CN=C(NCc1cccc(S(N)(=O)=O)c1)NCc1ccccn1.I. The number of nitrogens with zero attached hydrogens (tertiary/aromatic N) is 2. The number of nitrogens with two attached hydrogens (primary N) is 1. The van der Waals surface area contributed by atoms with E-state index in [2.05, 4.69) is 20.6 Å². The summed E-state index contributed by atoms with van der Waals surface area (Å²) in [6.07, 6.45) is 1.73. The van der Waals surface area contributed by atoms with Gasteiger partial charge in [0.15, 0.2) is 5.96 Å². The van der Waals surface area contributed by atoms with Crippen LogP contribution in [0.4, 0.5) is 0 Å². The number of hydrogen-bond acceptors (Lipinski definition) is 4. The normalized spacial score (nSPS) is 11.5. The maximum atomic E-state index is 11.4. The summed E-state index contributed by atoms with van der Waals surface area (Å²) >= 11 is 0. The molecule has 130 valence electrons. The molecule has 0 saturated heterocycles. The van der Waals surface area contributed by atoms with Gasteiger partial charge in [-0.1, -0.05) is 18.2 Å². The van der Waals surface area contributed by atoms with E-state index in [1.807, 2.05) is 24.3 Å². The van der Waals surface area contributed by atoms with Crippen LogP contribution in [0, 0.1) is 0 Å². The Labute approximate surface area is 158 Å². The van der Waals surface area contributed by atoms with E-state index >= 15 is 0 Å². The van der Waals surface area contributed by atoms with Gasteiger partial charge in [0.2, 0.25) is 10.0 Å². The molecule has 0 spiro atoms. The van der Waals surface area contributed by atoms with Crippen molar-refractivity contribution in [2.75, 3.05) is 7.05 Å². The highest BCUT2D eigenvalue weighted by Gasteiger charge is 2.08. The summed E-state index contributed by atoms with van der Waals surface area (Å²) in [7, 11) is -2.04. The maximum Gasteiger partial charge on any atom is 0.238 e. The summed E-state index contributed by atoms with van der Waals surface area (Å²) < 4.78 is 22.7. The molecule has 24 heavy (non-hydrogen) atoms. The lowest BCUT2D eigenvalue weighted by atomic mass is 10.2. The van der Waals surface area contributed by atoms with Crippen LogP contribution in [0.15, 0.2) is 58.5 Å². The third-order valence-electron chi connectivity index (χ3n) is 3.07. The Kier molecular flexibility index (Phi) is 8.08. The molecule has 0 saturated carbocycles. The molecule has 0 bridgehead atoms. The lowest BCUT2D eigenvalue weighted by Gasteiger charge is -2.12. The van der Waals surface area contributed by atoms with E-state index in [1.165, 1.54) is 12.1 Å². The molecule has 0 atom stereocenters. The Morgan fingerprint density at radius 1 is 1.17 bits per heavy atom. The second-order valence-corrected chi connectivity index (χ2v) is 6.35. The van der Waals surface area contributed by atoms with E-state index in [9.17, 15) is 8.42 Å². The van der Waals surface area contributed by atoms with E-state index < -0.39 is 10.0 Å². The molecular formula is C15H20IN5O2S. The predicted octanol–water partition coefficient (Wildman–Crippen LogP) is 1.21. The zero-order valence-electron chi connectivity index (χ0n) is 13.1. The highest BCUT2D eigenvalue weighted by Crippen LogP contribution is 2.09. The summed E-state index contributed by atoms with van der Waals surface area (Å²) in [5.74, 6) is 0.594. The highest BCUT2D eigenvalue weighted by atomic mass is 127. The van der Waals surface area contributed by atoms with Gasteiger partial charge in [0.1, 0.15) is 0 Å². The van der Waals surface area contributed by atoms with Crippen LogP contribution in [0.2, 0.25) is 0 Å². The molecule has 1 heterocycles. The first kappa shape index (κ1) is 20.3. The number of halogens is 1. The van der Waals surface area contributed by atoms with Crippen LogP contribution < -0.4 is 15.8 Å². The molecule has 0 aliphatic carbocycles. The van der Waals surface area contributed by atoms with E-state index in [-0.39, 0.29) is 28.9 Å². The summed E-state index contributed by atoms with van der Waals surface area (Å²) in [6.45, 7) is 0.961. The molecule has 4 N–H and O–H groups in total. The van der Waals surface area contributed by atoms with Crippen molar-refractivity contribution in [2.24, 2.45) is 10.1 Å². The first-order valence-corrected chi connectivity index (χ1v) is 8.50. The van der Waals surface area contributed by atoms with Gasteiger partial charge in [0.25, 0.3) is 0 Å². The van der Waals surface area contributed by atoms with Gasteiger partial charge in [0.05, 0.1) is 17.1 Å². The molecule has 1 aromatic carbocycles. The quantitative estimate of drug-likeness (QED) is 0.353. The average Bonchev–Trinajstić information content (AvgIpc) is 2.55. The van der Waals surface area contributed by atoms with E-state index in [0.717, 1.165) is 11.3 Å². The van der Waals surface area contributed by atoms with Crippen LogP contribution >= 0.6 is 24.0 Å². The fourth-order valence-electron chi connectivity index (χ4n) is 1.92. The molecule has 9 heteroatoms. The van der Waals surface area contributed by atoms with E-state index in [0.29, 0.717) is 19.0 Å². The number of pyridine rings is 1. The van der Waals surface area contributed by atoms with Crippen LogP contribution in [0.1, 0.15) is 11.3 Å². The second kappa shape index (κ2) is 9.55. The Morgan fingerprint density at radius 2 is 1.92 bits per heavy atom. The van der Waals surface area contributed by atoms with Gasteiger partial charge in [0, 0.05) is 19.8 Å². The van der Waals surface area contributed by atoms with E-state index in [4.69, 9.17) is 5.14 Å². The topological polar surface area (TPSA) is 109 Å². The molecular weight excluding hydrogens is 441 g/mol. The van der Waals surface area contributed by atoms with Crippen LogP contribution in [-0.4, -0.2) is 26.4 Å². The summed E-state index contributed by atoms with van der Waals surface area (Å²) in [5, 5.41) is 11.4. The lowest BCUT2D eigenvalue weighted by molar-refractivity contribution is 0.597. The largest absolute Gasteiger partial charge is 0.352 e. The molecule has 2 rings (SSSR count). The average molecular weight is 461 g/mol. The van der Waals surface area contributed by atoms with Crippen molar-refractivity contribution in [2.45, 2.75) is 18.0 Å². The Hall–Kier alpha value is -1.72. The molecule has 0 amide bonds. The Bertz CT molecular complexity index is 781. The minimum absolute atomic E-state index is 0. The number of benzene rings is 1. The fourth-order valence-corrected chi connectivity index (χ4v) is 2.50. The van der Waals surface area contributed by atoms with Crippen LogP contribution in [0.3, 0.4) is 0 Å². The number of guanidine groups is 1. The number of aromatic nitrogens is 1. The van der Waals surface area contributed by atoms with Crippen LogP contribution in [-0.2, 0) is 23.1 Å². The maximum absolute atomic E-state index is 11.4. The fraction of sp³-hybridized carbons (Fsp3) is 0.200. The van der Waals surface area contributed by atoms with Crippen molar-refractivity contribution in [1.82, 2.24) is 15.6 Å². The molecule has 0 radical (unpaired) electrons. The molecule has 0 fully saturated rings. The van der Waals surface area contributed by atoms with Crippen molar-refractivity contribution in [3.8, 4) is 0 Å². The van der Waals surface area contributed by atoms with Crippen molar-refractivity contribution in [3.63, 3.8) is 0 Å². The van der Waals surface area contributed by atoms with Gasteiger partial charge in [-0.3, -0.25) is 9.98 Å². The monoisotopic (exact) mass is 461 g/mol. The van der Waals surface area contributed by atoms with Gasteiger partial charge >= 0.3 is 0 Å². The summed E-state index contributed by atoms with van der Waals surface area (Å²) in [5.41, 5.74) is 1.68. The summed E-state index contributed by atoms with van der Waals surface area (Å²) in [6, 6.07) is 12.2. The smallest absolute Gasteiger partial charge is 0.238 e. The molecule has 0 aliphatic rings. The Balaban J connectivity index is 0.00000288. The minimum Gasteiger partial charge on any atom is -0.352 e. The van der Waals surface area contributed by atoms with Crippen molar-refractivity contribution in [3.05, 3.63) is 59.9 Å². The number of sulfonamides is 1. The molecule has 2 aromatic rings.